The Hall–Kier alpha value is -4.71. The van der Waals surface area contributed by atoms with Gasteiger partial charge in [0.05, 0.1) is 22.2 Å². The van der Waals surface area contributed by atoms with Crippen molar-refractivity contribution in [1.29, 1.82) is 0 Å². The van der Waals surface area contributed by atoms with Crippen molar-refractivity contribution in [3.63, 3.8) is 0 Å². The van der Waals surface area contributed by atoms with Gasteiger partial charge in [0.1, 0.15) is 16.9 Å². The minimum Gasteiger partial charge on any atom is -0.366 e. The van der Waals surface area contributed by atoms with Crippen LogP contribution in [0, 0.1) is 5.82 Å². The molecule has 0 spiro atoms. The summed E-state index contributed by atoms with van der Waals surface area (Å²) in [7, 11) is 0. The van der Waals surface area contributed by atoms with Crippen molar-refractivity contribution in [2.45, 2.75) is 18.8 Å². The smallest absolute Gasteiger partial charge is 0.251 e. The van der Waals surface area contributed by atoms with Crippen molar-refractivity contribution >= 4 is 45.2 Å². The first-order chi connectivity index (χ1) is 17.9. The molecule has 1 fully saturated rings. The Morgan fingerprint density at radius 3 is 2.43 bits per heavy atom. The Bertz CT molecular complexity index is 1800. The Labute approximate surface area is 208 Å². The van der Waals surface area contributed by atoms with Gasteiger partial charge in [-0.15, -0.1) is 0 Å². The highest BCUT2D eigenvalue weighted by Crippen LogP contribution is 2.31. The van der Waals surface area contributed by atoms with E-state index in [1.165, 1.54) is 6.07 Å². The second-order valence-corrected chi connectivity index (χ2v) is 9.01. The van der Waals surface area contributed by atoms with Gasteiger partial charge in [0.2, 0.25) is 0 Å². The number of piperidine rings is 1. The lowest BCUT2D eigenvalue weighted by molar-refractivity contribution is 0.0993. The highest BCUT2D eigenvalue weighted by molar-refractivity contribution is 6.05. The summed E-state index contributed by atoms with van der Waals surface area (Å²) in [6.07, 6.45) is 5.76. The van der Waals surface area contributed by atoms with Gasteiger partial charge in [0, 0.05) is 30.1 Å². The molecule has 1 saturated heterocycles. The van der Waals surface area contributed by atoms with Gasteiger partial charge in [-0.3, -0.25) is 19.8 Å². The van der Waals surface area contributed by atoms with E-state index in [4.69, 9.17) is 11.5 Å². The van der Waals surface area contributed by atoms with E-state index in [-0.39, 0.29) is 5.56 Å². The fourth-order valence-electron chi connectivity index (χ4n) is 5.09. The van der Waals surface area contributed by atoms with Crippen molar-refractivity contribution in [3.8, 4) is 0 Å². The molecule has 4 aromatic heterocycles. The maximum absolute atomic E-state index is 13.7. The molecular formula is C25H24FN9O2. The molecule has 12 heteroatoms. The number of hydrogen-bond donors (Lipinski definition) is 5. The second-order valence-electron chi connectivity index (χ2n) is 9.01. The number of para-hydroxylation sites is 1. The monoisotopic (exact) mass is 501 g/mol. The SMILES string of the molecule is NC(=O)c1cc(F)cc2nc3c(C4CCNCC4)c[nH]n3c12.NC(=O)c1cccc2nc3cc[nH]n3c12. The van der Waals surface area contributed by atoms with E-state index in [9.17, 15) is 14.0 Å². The molecule has 37 heavy (non-hydrogen) atoms. The first kappa shape index (κ1) is 22.7. The molecule has 2 amide bonds. The van der Waals surface area contributed by atoms with E-state index in [1.54, 1.807) is 27.4 Å². The molecule has 7 N–H and O–H groups in total. The third-order valence-electron chi connectivity index (χ3n) is 6.77. The van der Waals surface area contributed by atoms with Gasteiger partial charge < -0.3 is 16.8 Å². The van der Waals surface area contributed by atoms with Crippen LogP contribution in [0.4, 0.5) is 4.39 Å². The number of hydrogen-bond acceptors (Lipinski definition) is 5. The molecule has 0 aliphatic carbocycles. The van der Waals surface area contributed by atoms with E-state index in [0.29, 0.717) is 22.5 Å². The normalized spacial score (nSPS) is 14.4. The van der Waals surface area contributed by atoms with Crippen molar-refractivity contribution in [2.24, 2.45) is 11.5 Å². The number of fused-ring (bicyclic) bond motifs is 6. The summed E-state index contributed by atoms with van der Waals surface area (Å²) in [5, 5.41) is 9.45. The predicted molar refractivity (Wildman–Crippen MR) is 136 cm³/mol. The van der Waals surface area contributed by atoms with Gasteiger partial charge in [0.15, 0.2) is 11.3 Å². The highest BCUT2D eigenvalue weighted by atomic mass is 19.1. The third kappa shape index (κ3) is 3.78. The van der Waals surface area contributed by atoms with Crippen molar-refractivity contribution in [2.75, 3.05) is 13.1 Å². The van der Waals surface area contributed by atoms with Gasteiger partial charge in [-0.05, 0) is 50.0 Å². The average Bonchev–Trinajstić information content (AvgIpc) is 3.64. The highest BCUT2D eigenvalue weighted by Gasteiger charge is 2.23. The van der Waals surface area contributed by atoms with Gasteiger partial charge in [-0.25, -0.2) is 23.4 Å². The molecule has 188 valence electrons. The number of carbonyl (C=O) groups is 2. The summed E-state index contributed by atoms with van der Waals surface area (Å²) in [6, 6.07) is 9.64. The molecule has 2 aromatic carbocycles. The standard InChI is InChI=1S/C15H16FN5O.C10H8N4O/c16-9-5-10(14(17)22)13-12(6-9)20-15-11(7-19-21(13)15)8-1-3-18-4-2-8;11-10(15)6-2-1-3-7-9(6)14-8(13-7)4-5-12-14/h5-8,18-19H,1-4H2,(H2,17,22);1-5,12H,(H2,11,15). The van der Waals surface area contributed by atoms with Crippen LogP contribution < -0.4 is 16.8 Å². The molecule has 11 nitrogen and oxygen atoms in total. The summed E-state index contributed by atoms with van der Waals surface area (Å²) < 4.78 is 17.1. The number of nitrogens with zero attached hydrogens (tertiary/aromatic N) is 4. The molecule has 6 aromatic rings. The number of amides is 2. The minimum absolute atomic E-state index is 0.140. The van der Waals surface area contributed by atoms with E-state index in [2.05, 4.69) is 25.5 Å². The van der Waals surface area contributed by atoms with Crippen LogP contribution in [0.25, 0.3) is 33.4 Å². The number of imidazole rings is 2. The zero-order valence-electron chi connectivity index (χ0n) is 19.7. The van der Waals surface area contributed by atoms with Crippen LogP contribution in [0.5, 0.6) is 0 Å². The molecule has 7 rings (SSSR count). The third-order valence-corrected chi connectivity index (χ3v) is 6.77. The lowest BCUT2D eigenvalue weighted by Gasteiger charge is -2.21. The van der Waals surface area contributed by atoms with Gasteiger partial charge in [0.25, 0.3) is 11.8 Å². The van der Waals surface area contributed by atoms with Crippen molar-refractivity contribution in [3.05, 3.63) is 71.3 Å². The van der Waals surface area contributed by atoms with Crippen LogP contribution in [-0.4, -0.2) is 54.1 Å². The van der Waals surface area contributed by atoms with E-state index in [0.717, 1.165) is 59.9 Å². The zero-order chi connectivity index (χ0) is 25.7. The predicted octanol–water partition coefficient (Wildman–Crippen LogP) is 2.44. The fourth-order valence-corrected chi connectivity index (χ4v) is 5.09. The van der Waals surface area contributed by atoms with Crippen LogP contribution in [0.3, 0.4) is 0 Å². The number of benzene rings is 2. The maximum atomic E-state index is 13.7. The van der Waals surface area contributed by atoms with Crippen LogP contribution in [0.15, 0.2) is 48.8 Å². The molecule has 0 unspecified atom stereocenters. The van der Waals surface area contributed by atoms with E-state index in [1.807, 2.05) is 18.3 Å². The largest absolute Gasteiger partial charge is 0.366 e. The molecule has 0 radical (unpaired) electrons. The van der Waals surface area contributed by atoms with Crippen molar-refractivity contribution in [1.82, 2.24) is 34.5 Å². The lowest BCUT2D eigenvalue weighted by atomic mass is 9.92. The summed E-state index contributed by atoms with van der Waals surface area (Å²) in [6.45, 7) is 1.95. The summed E-state index contributed by atoms with van der Waals surface area (Å²) in [5.41, 5.74) is 16.4. The topological polar surface area (TPSA) is 164 Å². The van der Waals surface area contributed by atoms with Crippen LogP contribution in [0.1, 0.15) is 45.0 Å². The van der Waals surface area contributed by atoms with Gasteiger partial charge in [-0.1, -0.05) is 6.07 Å². The first-order valence-electron chi connectivity index (χ1n) is 11.9. The zero-order valence-corrected chi connectivity index (χ0v) is 19.7. The maximum Gasteiger partial charge on any atom is 0.251 e. The Morgan fingerprint density at radius 2 is 1.68 bits per heavy atom. The first-order valence-corrected chi connectivity index (χ1v) is 11.9. The number of carbonyl (C=O) groups excluding carboxylic acids is 2. The summed E-state index contributed by atoms with van der Waals surface area (Å²) in [4.78, 5) is 31.7. The molecule has 0 bridgehead atoms. The van der Waals surface area contributed by atoms with Crippen LogP contribution >= 0.6 is 0 Å². The molecular weight excluding hydrogens is 477 g/mol. The number of aromatic nitrogens is 6. The molecule has 1 aliphatic rings. The number of primary amides is 2. The van der Waals surface area contributed by atoms with E-state index < -0.39 is 17.6 Å². The number of nitrogens with two attached hydrogens (primary N) is 2. The number of halogens is 1. The quantitative estimate of drug-likeness (QED) is 0.251. The second kappa shape index (κ2) is 8.75. The number of aromatic amines is 2. The van der Waals surface area contributed by atoms with Gasteiger partial charge >= 0.3 is 0 Å². The molecule has 1 aliphatic heterocycles. The summed E-state index contributed by atoms with van der Waals surface area (Å²) in [5.74, 6) is -1.21. The van der Waals surface area contributed by atoms with E-state index >= 15 is 0 Å². The molecule has 0 saturated carbocycles. The Morgan fingerprint density at radius 1 is 0.919 bits per heavy atom. The van der Waals surface area contributed by atoms with Gasteiger partial charge in [-0.2, -0.15) is 0 Å². The number of nitrogens with one attached hydrogen (secondary N) is 3. The molecule has 5 heterocycles. The number of H-pyrrole nitrogens is 2. The van der Waals surface area contributed by atoms with Crippen LogP contribution in [0.2, 0.25) is 0 Å². The summed E-state index contributed by atoms with van der Waals surface area (Å²) >= 11 is 0. The fraction of sp³-hybridized carbons (Fsp3) is 0.200. The average molecular weight is 502 g/mol. The van der Waals surface area contributed by atoms with Crippen LogP contribution in [-0.2, 0) is 0 Å². The minimum atomic E-state index is -0.663. The Balaban J connectivity index is 0.000000146. The lowest BCUT2D eigenvalue weighted by Crippen LogP contribution is -2.26. The van der Waals surface area contributed by atoms with Crippen molar-refractivity contribution < 1.29 is 14.0 Å². The Kier molecular flexibility index (Phi) is 5.37. The number of rotatable bonds is 3. The molecule has 0 atom stereocenters.